The van der Waals surface area contributed by atoms with Crippen molar-refractivity contribution in [3.05, 3.63) is 53.2 Å². The molecule has 0 atom stereocenters. The molecule has 2 aliphatic rings. The minimum absolute atomic E-state index is 0.0228. The minimum atomic E-state index is -1.31. The zero-order valence-electron chi connectivity index (χ0n) is 20.0. The first-order chi connectivity index (χ1) is 16.8. The third-order valence-corrected chi connectivity index (χ3v) is 7.42. The Hall–Kier alpha value is -3.07. The van der Waals surface area contributed by atoms with Crippen LogP contribution in [-0.4, -0.2) is 53.0 Å². The predicted octanol–water partition coefficient (Wildman–Crippen LogP) is 3.68. The molecule has 0 radical (unpaired) electrons. The lowest BCUT2D eigenvalue weighted by atomic mass is 9.77. The standard InChI is InChI=1S/C26H32FN3O5/c1-17-16-22(35-29-17)24(32)34-26(25(28)33)11-6-18(7-12-26)8-13-30-14-9-20(10-15-30)23(31)19-2-4-21(27)5-3-19/h2-5,16,18,20H,6-15H2,1H3,(H2,28,33). The van der Waals surface area contributed by atoms with Crippen LogP contribution in [0.25, 0.3) is 0 Å². The number of likely N-dealkylation sites (tertiary alicyclic amines) is 1. The van der Waals surface area contributed by atoms with Crippen LogP contribution in [0, 0.1) is 24.6 Å². The van der Waals surface area contributed by atoms with Crippen molar-refractivity contribution in [3.63, 3.8) is 0 Å². The minimum Gasteiger partial charge on any atom is -0.443 e. The molecule has 1 aromatic heterocycles. The van der Waals surface area contributed by atoms with Gasteiger partial charge in [0, 0.05) is 17.5 Å². The first kappa shape index (κ1) is 25.0. The molecule has 0 spiro atoms. The number of ether oxygens (including phenoxy) is 1. The fourth-order valence-corrected chi connectivity index (χ4v) is 5.15. The van der Waals surface area contributed by atoms with Gasteiger partial charge in [-0.1, -0.05) is 5.16 Å². The lowest BCUT2D eigenvalue weighted by molar-refractivity contribution is -0.142. The number of ketones is 1. The lowest BCUT2D eigenvalue weighted by Crippen LogP contribution is -2.50. The number of carbonyl (C=O) groups is 3. The average Bonchev–Trinajstić information content (AvgIpc) is 3.30. The molecule has 8 nitrogen and oxygen atoms in total. The third kappa shape index (κ3) is 5.96. The number of rotatable bonds is 8. The zero-order chi connectivity index (χ0) is 25.0. The zero-order valence-corrected chi connectivity index (χ0v) is 20.0. The van der Waals surface area contributed by atoms with E-state index in [4.69, 9.17) is 15.0 Å². The first-order valence-electron chi connectivity index (χ1n) is 12.2. The van der Waals surface area contributed by atoms with Crippen LogP contribution in [-0.2, 0) is 9.53 Å². The molecule has 1 aromatic carbocycles. The second-order valence-electron chi connectivity index (χ2n) is 9.80. The molecule has 188 valence electrons. The van der Waals surface area contributed by atoms with E-state index in [0.717, 1.165) is 51.7 Å². The summed E-state index contributed by atoms with van der Waals surface area (Å²) in [6.45, 7) is 4.32. The number of aryl methyl sites for hydroxylation is 1. The van der Waals surface area contributed by atoms with E-state index < -0.39 is 17.5 Å². The molecule has 2 fully saturated rings. The van der Waals surface area contributed by atoms with Crippen LogP contribution in [0.4, 0.5) is 4.39 Å². The Labute approximate surface area is 204 Å². The Morgan fingerprint density at radius 1 is 1.14 bits per heavy atom. The van der Waals surface area contributed by atoms with Gasteiger partial charge in [0.2, 0.25) is 5.76 Å². The van der Waals surface area contributed by atoms with Gasteiger partial charge in [0.1, 0.15) is 5.82 Å². The fraction of sp³-hybridized carbons (Fsp3) is 0.538. The van der Waals surface area contributed by atoms with Crippen LogP contribution in [0.5, 0.6) is 0 Å². The van der Waals surface area contributed by atoms with Crippen molar-refractivity contribution >= 4 is 17.7 Å². The summed E-state index contributed by atoms with van der Waals surface area (Å²) in [5.41, 5.74) is 5.45. The number of aromatic nitrogens is 1. The molecule has 1 aliphatic heterocycles. The molecule has 0 bridgehead atoms. The van der Waals surface area contributed by atoms with Gasteiger partial charge in [-0.05, 0) is 102 Å². The number of amides is 1. The molecular formula is C26H32FN3O5. The highest BCUT2D eigenvalue weighted by atomic mass is 19.1. The van der Waals surface area contributed by atoms with E-state index in [1.165, 1.54) is 18.2 Å². The van der Waals surface area contributed by atoms with Crippen LogP contribution in [0.1, 0.15) is 71.6 Å². The normalized spacial score (nSPS) is 23.7. The van der Waals surface area contributed by atoms with Gasteiger partial charge < -0.3 is 19.9 Å². The van der Waals surface area contributed by atoms with Gasteiger partial charge in [-0.15, -0.1) is 0 Å². The van der Waals surface area contributed by atoms with E-state index in [1.807, 2.05) is 0 Å². The topological polar surface area (TPSA) is 116 Å². The maximum absolute atomic E-state index is 13.1. The highest BCUT2D eigenvalue weighted by Gasteiger charge is 2.44. The number of nitrogens with two attached hydrogens (primary N) is 1. The molecule has 1 saturated carbocycles. The number of halogens is 1. The fourth-order valence-electron chi connectivity index (χ4n) is 5.15. The maximum Gasteiger partial charge on any atom is 0.378 e. The summed E-state index contributed by atoms with van der Waals surface area (Å²) >= 11 is 0. The number of carbonyl (C=O) groups excluding carboxylic acids is 3. The molecule has 2 N–H and O–H groups in total. The van der Waals surface area contributed by atoms with Gasteiger partial charge >= 0.3 is 5.97 Å². The van der Waals surface area contributed by atoms with Crippen LogP contribution >= 0.6 is 0 Å². The Bertz CT molecular complexity index is 1050. The quantitative estimate of drug-likeness (QED) is 0.448. The molecule has 1 aliphatic carbocycles. The van der Waals surface area contributed by atoms with E-state index >= 15 is 0 Å². The van der Waals surface area contributed by atoms with Gasteiger partial charge in [0.05, 0.1) is 5.69 Å². The summed E-state index contributed by atoms with van der Waals surface area (Å²) < 4.78 is 23.6. The molecule has 35 heavy (non-hydrogen) atoms. The highest BCUT2D eigenvalue weighted by Crippen LogP contribution is 2.37. The van der Waals surface area contributed by atoms with Crippen molar-refractivity contribution in [2.45, 2.75) is 57.5 Å². The summed E-state index contributed by atoms with van der Waals surface area (Å²) in [6, 6.07) is 7.25. The molecule has 9 heteroatoms. The largest absolute Gasteiger partial charge is 0.443 e. The average molecular weight is 486 g/mol. The van der Waals surface area contributed by atoms with E-state index in [-0.39, 0.29) is 23.3 Å². The Morgan fingerprint density at radius 2 is 1.80 bits per heavy atom. The summed E-state index contributed by atoms with van der Waals surface area (Å²) in [6.07, 6.45) is 4.82. The molecular weight excluding hydrogens is 453 g/mol. The number of hydrogen-bond acceptors (Lipinski definition) is 7. The van der Waals surface area contributed by atoms with Crippen LogP contribution < -0.4 is 5.73 Å². The van der Waals surface area contributed by atoms with Crippen LogP contribution in [0.2, 0.25) is 0 Å². The number of benzene rings is 1. The second kappa shape index (κ2) is 10.7. The van der Waals surface area contributed by atoms with E-state index in [2.05, 4.69) is 10.1 Å². The number of Topliss-reactive ketones (excluding diaryl/α,β-unsaturated/α-hetero) is 1. The Kier molecular flexibility index (Phi) is 7.64. The monoisotopic (exact) mass is 485 g/mol. The molecule has 1 saturated heterocycles. The van der Waals surface area contributed by atoms with E-state index in [9.17, 15) is 18.8 Å². The molecule has 1 amide bonds. The van der Waals surface area contributed by atoms with Crippen molar-refractivity contribution in [3.8, 4) is 0 Å². The predicted molar refractivity (Wildman–Crippen MR) is 125 cm³/mol. The van der Waals surface area contributed by atoms with E-state index in [1.54, 1.807) is 19.1 Å². The summed E-state index contributed by atoms with van der Waals surface area (Å²) in [7, 11) is 0. The molecule has 4 rings (SSSR count). The van der Waals surface area contributed by atoms with Gasteiger partial charge in [-0.3, -0.25) is 9.59 Å². The number of piperidine rings is 1. The second-order valence-corrected chi connectivity index (χ2v) is 9.80. The van der Waals surface area contributed by atoms with Crippen molar-refractivity contribution in [1.29, 1.82) is 0 Å². The molecule has 0 unspecified atom stereocenters. The number of hydrogen-bond donors (Lipinski definition) is 1. The van der Waals surface area contributed by atoms with Gasteiger partial charge in [-0.25, -0.2) is 9.18 Å². The highest BCUT2D eigenvalue weighted by molar-refractivity contribution is 5.97. The van der Waals surface area contributed by atoms with E-state index in [0.29, 0.717) is 30.0 Å². The van der Waals surface area contributed by atoms with Crippen molar-refractivity contribution in [2.24, 2.45) is 17.6 Å². The van der Waals surface area contributed by atoms with Gasteiger partial charge in [-0.2, -0.15) is 0 Å². The summed E-state index contributed by atoms with van der Waals surface area (Å²) in [5.74, 6) is -1.25. The summed E-state index contributed by atoms with van der Waals surface area (Å²) in [4.78, 5) is 39.7. The SMILES string of the molecule is Cc1cc(C(=O)OC2(C(N)=O)CCC(CCN3CCC(C(=O)c4ccc(F)cc4)CC3)CC2)on1. The van der Waals surface area contributed by atoms with Crippen molar-refractivity contribution < 1.29 is 28.0 Å². The Morgan fingerprint density at radius 3 is 2.37 bits per heavy atom. The van der Waals surface area contributed by atoms with Gasteiger partial charge in [0.15, 0.2) is 11.4 Å². The lowest BCUT2D eigenvalue weighted by Gasteiger charge is -2.38. The van der Waals surface area contributed by atoms with Crippen molar-refractivity contribution in [1.82, 2.24) is 10.1 Å². The Balaban J connectivity index is 1.22. The maximum atomic E-state index is 13.1. The molecule has 2 heterocycles. The van der Waals surface area contributed by atoms with Crippen molar-refractivity contribution in [2.75, 3.05) is 19.6 Å². The molecule has 2 aromatic rings. The smallest absolute Gasteiger partial charge is 0.378 e. The number of primary amides is 1. The van der Waals surface area contributed by atoms with Gasteiger partial charge in [0.25, 0.3) is 5.91 Å². The van der Waals surface area contributed by atoms with Crippen LogP contribution in [0.3, 0.4) is 0 Å². The third-order valence-electron chi connectivity index (χ3n) is 7.42. The first-order valence-corrected chi connectivity index (χ1v) is 12.2. The summed E-state index contributed by atoms with van der Waals surface area (Å²) in [5, 5.41) is 3.68. The van der Waals surface area contributed by atoms with Crippen LogP contribution in [0.15, 0.2) is 34.9 Å². The number of esters is 1. The number of nitrogens with zero attached hydrogens (tertiary/aromatic N) is 2.